The predicted octanol–water partition coefficient (Wildman–Crippen LogP) is 4.05. The van der Waals surface area contributed by atoms with E-state index in [0.717, 1.165) is 48.1 Å². The Hall–Kier alpha value is -3.44. The fourth-order valence-electron chi connectivity index (χ4n) is 5.06. The average Bonchev–Trinajstić information content (AvgIpc) is 3.13. The Morgan fingerprint density at radius 2 is 1.65 bits per heavy atom. The smallest absolute Gasteiger partial charge is 0.281 e. The molecule has 174 valence electrons. The second kappa shape index (κ2) is 10.2. The summed E-state index contributed by atoms with van der Waals surface area (Å²) >= 11 is 0. The number of likely N-dealkylation sites (tertiary alicyclic amines) is 1. The number of nitrogens with zero attached hydrogens (tertiary/aromatic N) is 2. The lowest BCUT2D eigenvalue weighted by atomic mass is 9.90. The van der Waals surface area contributed by atoms with Gasteiger partial charge in [0.15, 0.2) is 6.67 Å². The number of para-hydroxylation sites is 1. The largest absolute Gasteiger partial charge is 0.494 e. The highest BCUT2D eigenvalue weighted by Gasteiger charge is 2.36. The first kappa shape index (κ1) is 22.4. The van der Waals surface area contributed by atoms with E-state index in [9.17, 15) is 4.79 Å². The second-order valence-corrected chi connectivity index (χ2v) is 9.18. The van der Waals surface area contributed by atoms with Crippen LogP contribution in [-0.4, -0.2) is 38.0 Å². The van der Waals surface area contributed by atoms with Crippen molar-refractivity contribution in [3.8, 4) is 5.75 Å². The normalized spacial score (nSPS) is 21.0. The first-order chi connectivity index (χ1) is 16.7. The van der Waals surface area contributed by atoms with E-state index in [4.69, 9.17) is 9.73 Å². The van der Waals surface area contributed by atoms with E-state index in [-0.39, 0.29) is 5.91 Å². The van der Waals surface area contributed by atoms with Crippen LogP contribution in [0, 0.1) is 5.92 Å². The van der Waals surface area contributed by atoms with Crippen molar-refractivity contribution in [1.82, 2.24) is 0 Å². The molecule has 1 amide bonds. The van der Waals surface area contributed by atoms with Crippen LogP contribution in [0.15, 0.2) is 83.9 Å². The summed E-state index contributed by atoms with van der Waals surface area (Å²) in [7, 11) is 0. The summed E-state index contributed by atoms with van der Waals surface area (Å²) in [5, 5.41) is 0. The Morgan fingerprint density at radius 3 is 2.38 bits per heavy atom. The number of carbonyl (C=O) groups is 1. The third-order valence-corrected chi connectivity index (χ3v) is 6.85. The molecule has 3 aromatic carbocycles. The molecular weight excluding hydrogens is 422 g/mol. The third-order valence-electron chi connectivity index (χ3n) is 6.85. The van der Waals surface area contributed by atoms with Crippen LogP contribution in [0.3, 0.4) is 0 Å². The fraction of sp³-hybridized carbons (Fsp3) is 0.310. The molecule has 5 heteroatoms. The molecular formula is C29H32N3O2+. The maximum atomic E-state index is 13.5. The second-order valence-electron chi connectivity index (χ2n) is 9.18. The number of benzene rings is 3. The Labute approximate surface area is 201 Å². The van der Waals surface area contributed by atoms with Crippen molar-refractivity contribution in [2.75, 3.05) is 31.3 Å². The van der Waals surface area contributed by atoms with Crippen LogP contribution in [0.5, 0.6) is 5.75 Å². The number of anilines is 1. The van der Waals surface area contributed by atoms with Gasteiger partial charge in [-0.1, -0.05) is 48.5 Å². The Bertz CT molecular complexity index is 1150. The van der Waals surface area contributed by atoms with Gasteiger partial charge in [-0.25, -0.2) is 4.99 Å². The van der Waals surface area contributed by atoms with Crippen molar-refractivity contribution >= 4 is 23.0 Å². The average molecular weight is 455 g/mol. The van der Waals surface area contributed by atoms with E-state index in [0.29, 0.717) is 19.0 Å². The third kappa shape index (κ3) is 4.90. The summed E-state index contributed by atoms with van der Waals surface area (Å²) in [5.74, 6) is 1.53. The van der Waals surface area contributed by atoms with Crippen LogP contribution in [-0.2, 0) is 11.2 Å². The van der Waals surface area contributed by atoms with E-state index >= 15 is 0 Å². The van der Waals surface area contributed by atoms with Crippen LogP contribution < -0.4 is 14.5 Å². The number of piperidine rings is 1. The van der Waals surface area contributed by atoms with Crippen molar-refractivity contribution in [3.05, 3.63) is 90.0 Å². The van der Waals surface area contributed by atoms with Crippen molar-refractivity contribution in [1.29, 1.82) is 0 Å². The van der Waals surface area contributed by atoms with Gasteiger partial charge in [0.2, 0.25) is 0 Å². The zero-order valence-electron chi connectivity index (χ0n) is 19.7. The highest BCUT2D eigenvalue weighted by Crippen LogP contribution is 2.30. The maximum absolute atomic E-state index is 13.5. The summed E-state index contributed by atoms with van der Waals surface area (Å²) in [6.07, 6.45) is 3.54. The molecule has 0 unspecified atom stereocenters. The van der Waals surface area contributed by atoms with Gasteiger partial charge in [0, 0.05) is 5.56 Å². The van der Waals surface area contributed by atoms with E-state index in [1.165, 1.54) is 23.3 Å². The summed E-state index contributed by atoms with van der Waals surface area (Å²) in [6, 6.07) is 26.4. The molecule has 0 aliphatic carbocycles. The molecule has 5 rings (SSSR count). The standard InChI is InChI=1S/C29H31N3O2/c1-2-34-25-14-12-24(13-15-25)30-28-26-10-6-7-11-27(26)32(29(28)33)21-31-18-16-23(17-19-31)20-22-8-4-3-5-9-22/h3-15,23H,2,16-21H2,1H3/p+1. The lowest BCUT2D eigenvalue weighted by Gasteiger charge is -2.32. The minimum absolute atomic E-state index is 0.00556. The molecule has 0 aromatic heterocycles. The molecule has 0 bridgehead atoms. The molecule has 3 aromatic rings. The van der Waals surface area contributed by atoms with Crippen molar-refractivity contribution < 1.29 is 14.4 Å². The van der Waals surface area contributed by atoms with E-state index in [1.807, 2.05) is 60.4 Å². The lowest BCUT2D eigenvalue weighted by Crippen LogP contribution is -3.14. The summed E-state index contributed by atoms with van der Waals surface area (Å²) in [5.41, 5.74) is 4.60. The van der Waals surface area contributed by atoms with Crippen LogP contribution >= 0.6 is 0 Å². The SMILES string of the molecule is CCOc1ccc(N=C2C(=O)N(C[NH+]3CCC(Cc4ccccc4)CC3)c3ccccc32)cc1. The number of ether oxygens (including phenoxy) is 1. The van der Waals surface area contributed by atoms with Gasteiger partial charge in [0.05, 0.1) is 31.1 Å². The van der Waals surface area contributed by atoms with Crippen molar-refractivity contribution in [2.24, 2.45) is 10.9 Å². The van der Waals surface area contributed by atoms with Gasteiger partial charge in [-0.3, -0.25) is 9.69 Å². The van der Waals surface area contributed by atoms with Gasteiger partial charge in [-0.05, 0) is 68.0 Å². The molecule has 0 radical (unpaired) electrons. The molecule has 0 saturated carbocycles. The lowest BCUT2D eigenvalue weighted by molar-refractivity contribution is -0.904. The number of nitrogens with one attached hydrogen (secondary N) is 1. The number of rotatable bonds is 7. The van der Waals surface area contributed by atoms with Gasteiger partial charge < -0.3 is 9.64 Å². The molecule has 0 atom stereocenters. The monoisotopic (exact) mass is 454 g/mol. The summed E-state index contributed by atoms with van der Waals surface area (Å²) < 4.78 is 5.52. The zero-order chi connectivity index (χ0) is 23.3. The first-order valence-corrected chi connectivity index (χ1v) is 12.3. The van der Waals surface area contributed by atoms with Crippen LogP contribution in [0.1, 0.15) is 30.9 Å². The number of hydrogen-bond acceptors (Lipinski definition) is 3. The first-order valence-electron chi connectivity index (χ1n) is 12.3. The molecule has 1 saturated heterocycles. The van der Waals surface area contributed by atoms with Crippen molar-refractivity contribution in [2.45, 2.75) is 26.2 Å². The number of aliphatic imine (C=N–C) groups is 1. The molecule has 1 N–H and O–H groups in total. The molecule has 34 heavy (non-hydrogen) atoms. The number of hydrogen-bond donors (Lipinski definition) is 1. The minimum Gasteiger partial charge on any atom is -0.494 e. The Kier molecular flexibility index (Phi) is 6.72. The summed E-state index contributed by atoms with van der Waals surface area (Å²) in [4.78, 5) is 21.6. The highest BCUT2D eigenvalue weighted by molar-refractivity contribution is 6.54. The number of carbonyl (C=O) groups excluding carboxylic acids is 1. The van der Waals surface area contributed by atoms with Crippen LogP contribution in [0.2, 0.25) is 0 Å². The summed E-state index contributed by atoms with van der Waals surface area (Å²) in [6.45, 7) is 5.46. The highest BCUT2D eigenvalue weighted by atomic mass is 16.5. The fourth-order valence-corrected chi connectivity index (χ4v) is 5.06. The molecule has 2 aliphatic rings. The molecule has 5 nitrogen and oxygen atoms in total. The Balaban J connectivity index is 1.27. The quantitative estimate of drug-likeness (QED) is 0.586. The van der Waals surface area contributed by atoms with Gasteiger partial charge in [-0.15, -0.1) is 0 Å². The molecule has 2 heterocycles. The predicted molar refractivity (Wildman–Crippen MR) is 136 cm³/mol. The number of amides is 1. The maximum Gasteiger partial charge on any atom is 0.281 e. The van der Waals surface area contributed by atoms with E-state index in [2.05, 4.69) is 30.3 Å². The zero-order valence-corrected chi connectivity index (χ0v) is 19.7. The van der Waals surface area contributed by atoms with Crippen LogP contribution in [0.25, 0.3) is 0 Å². The van der Waals surface area contributed by atoms with Crippen LogP contribution in [0.4, 0.5) is 11.4 Å². The molecule has 2 aliphatic heterocycles. The topological polar surface area (TPSA) is 46.3 Å². The number of quaternary nitrogens is 1. The van der Waals surface area contributed by atoms with Gasteiger partial charge in [-0.2, -0.15) is 0 Å². The minimum atomic E-state index is -0.00556. The van der Waals surface area contributed by atoms with Crippen molar-refractivity contribution in [3.63, 3.8) is 0 Å². The Morgan fingerprint density at radius 1 is 0.941 bits per heavy atom. The van der Waals surface area contributed by atoms with Gasteiger partial charge in [0.25, 0.3) is 5.91 Å². The van der Waals surface area contributed by atoms with Gasteiger partial charge >= 0.3 is 0 Å². The van der Waals surface area contributed by atoms with E-state index in [1.54, 1.807) is 0 Å². The van der Waals surface area contributed by atoms with E-state index < -0.39 is 0 Å². The van der Waals surface area contributed by atoms with Gasteiger partial charge in [0.1, 0.15) is 11.5 Å². The molecule has 1 fully saturated rings. The number of fused-ring (bicyclic) bond motifs is 1. The molecule has 0 spiro atoms.